The molecular weight excluding hydrogens is 288 g/mol. The van der Waals surface area contributed by atoms with Gasteiger partial charge in [-0.2, -0.15) is 0 Å². The highest BCUT2D eigenvalue weighted by Gasteiger charge is 3.10. The summed E-state index contributed by atoms with van der Waals surface area (Å²) in [5.74, 6) is 1.35. The molecule has 7 rings (SSSR count). The lowest BCUT2D eigenvalue weighted by atomic mass is 9.94. The number of alkyl halides is 1. The fourth-order valence-corrected chi connectivity index (χ4v) is 8.56. The van der Waals surface area contributed by atoms with Gasteiger partial charge >= 0.3 is 5.97 Å². The number of carboxylic acids is 1. The van der Waals surface area contributed by atoms with Crippen molar-refractivity contribution in [3.63, 3.8) is 0 Å². The Morgan fingerprint density at radius 3 is 2.29 bits per heavy atom. The first-order valence-corrected chi connectivity index (χ1v) is 7.13. The number of hydrogen-bond donors (Lipinski definition) is 1. The summed E-state index contributed by atoms with van der Waals surface area (Å²) in [4.78, 5) is 11.6. The van der Waals surface area contributed by atoms with Crippen molar-refractivity contribution in [1.82, 2.24) is 0 Å². The largest absolute Gasteiger partial charge is 0.481 e. The van der Waals surface area contributed by atoms with Crippen LogP contribution in [0.4, 0.5) is 0 Å². The maximum Gasteiger partial charge on any atom is 0.310 e. The smallest absolute Gasteiger partial charge is 0.310 e. The summed E-state index contributed by atoms with van der Waals surface area (Å²) in [5, 5.41) is 9.59. The van der Waals surface area contributed by atoms with E-state index in [9.17, 15) is 9.90 Å². The van der Waals surface area contributed by atoms with E-state index in [2.05, 4.69) is 15.9 Å². The highest BCUT2D eigenvalue weighted by atomic mass is 79.9. The Balaban J connectivity index is 1.63. The number of aliphatic carboxylic acids is 1. The Morgan fingerprint density at radius 2 is 1.88 bits per heavy atom. The minimum Gasteiger partial charge on any atom is -0.481 e. The molecular formula is C12H11BrO4. The second kappa shape index (κ2) is 1.91. The van der Waals surface area contributed by atoms with Gasteiger partial charge in [-0.1, -0.05) is 15.9 Å². The van der Waals surface area contributed by atoms with Gasteiger partial charge in [-0.3, -0.25) is 4.79 Å². The van der Waals surface area contributed by atoms with Crippen LogP contribution in [0.3, 0.4) is 0 Å². The Morgan fingerprint density at radius 1 is 1.18 bits per heavy atom. The summed E-state index contributed by atoms with van der Waals surface area (Å²) in [6, 6.07) is 0. The molecule has 0 radical (unpaired) electrons. The topological polar surface area (TPSA) is 55.8 Å². The van der Waals surface area contributed by atoms with E-state index in [0.717, 1.165) is 0 Å². The highest BCUT2D eigenvalue weighted by Crippen LogP contribution is 3.04. The number of carbonyl (C=O) groups is 1. The third kappa shape index (κ3) is 0.479. The quantitative estimate of drug-likeness (QED) is 0.724. The SMILES string of the molecule is O=C(O)[C@]12[C@@H]3[C@H]4[C@@H]5[C@H]1[C@H]2[C@](Br)([C@@H]43)C51OCCO1. The Labute approximate surface area is 106 Å². The number of hydrogen-bond acceptors (Lipinski definition) is 3. The van der Waals surface area contributed by atoms with Gasteiger partial charge in [-0.05, 0) is 23.7 Å². The van der Waals surface area contributed by atoms with Crippen molar-refractivity contribution in [2.45, 2.75) is 10.1 Å². The fraction of sp³-hybridized carbons (Fsp3) is 0.917. The average Bonchev–Trinajstić information content (AvgIpc) is 2.97. The molecule has 1 heterocycles. The maximum absolute atomic E-state index is 11.6. The lowest BCUT2D eigenvalue weighted by Gasteiger charge is -2.37. The molecule has 1 N–H and O–H groups in total. The van der Waals surface area contributed by atoms with Crippen LogP contribution in [-0.4, -0.2) is 34.4 Å². The molecule has 1 saturated heterocycles. The van der Waals surface area contributed by atoms with E-state index in [-0.39, 0.29) is 10.2 Å². The van der Waals surface area contributed by atoms with Crippen LogP contribution in [0, 0.1) is 40.9 Å². The Bertz CT molecular complexity index is 515. The molecule has 0 aromatic carbocycles. The van der Waals surface area contributed by atoms with Gasteiger partial charge in [0.05, 0.1) is 23.0 Å². The molecule has 2 bridgehead atoms. The average molecular weight is 299 g/mol. The van der Waals surface area contributed by atoms with E-state index in [1.165, 1.54) is 0 Å². The van der Waals surface area contributed by atoms with Gasteiger partial charge in [0.2, 0.25) is 0 Å². The lowest BCUT2D eigenvalue weighted by Crippen LogP contribution is -2.50. The van der Waals surface area contributed by atoms with Crippen LogP contribution in [0.2, 0.25) is 0 Å². The standard InChI is InChI=1S/C12H11BrO4/c13-11-5-3-4(5)10(9(14)15)7(8(10)11)6(3)12(11)16-1-2-17-12/h3-8H,1-2H2,(H,14,15)/t3-,4-,5+,6-,7+,8-,10-,11-/m1/s1. The van der Waals surface area contributed by atoms with E-state index >= 15 is 0 Å². The second-order valence-electron chi connectivity index (χ2n) is 6.53. The molecule has 90 valence electrons. The zero-order valence-electron chi connectivity index (χ0n) is 8.93. The van der Waals surface area contributed by atoms with Crippen molar-refractivity contribution in [3.8, 4) is 0 Å². The van der Waals surface area contributed by atoms with Gasteiger partial charge in [0.1, 0.15) is 0 Å². The summed E-state index contributed by atoms with van der Waals surface area (Å²) in [7, 11) is 0. The molecule has 1 spiro atoms. The third-order valence-corrected chi connectivity index (χ3v) is 8.32. The molecule has 7 aliphatic rings. The summed E-state index contributed by atoms with van der Waals surface area (Å²) < 4.78 is 11.8. The van der Waals surface area contributed by atoms with Crippen molar-refractivity contribution in [2.24, 2.45) is 40.9 Å². The molecule has 0 amide bonds. The summed E-state index contributed by atoms with van der Waals surface area (Å²) in [6.07, 6.45) is 0. The normalized spacial score (nSPS) is 73.5. The van der Waals surface area contributed by atoms with Crippen LogP contribution < -0.4 is 0 Å². The molecule has 5 heteroatoms. The maximum atomic E-state index is 11.6. The molecule has 0 aromatic rings. The molecule has 4 nitrogen and oxygen atoms in total. The predicted molar refractivity (Wildman–Crippen MR) is 57.3 cm³/mol. The van der Waals surface area contributed by atoms with E-state index in [0.29, 0.717) is 42.8 Å². The van der Waals surface area contributed by atoms with E-state index < -0.39 is 17.2 Å². The van der Waals surface area contributed by atoms with Crippen molar-refractivity contribution < 1.29 is 19.4 Å². The fourth-order valence-electron chi connectivity index (χ4n) is 6.82. The molecule has 6 aliphatic carbocycles. The van der Waals surface area contributed by atoms with Crippen LogP contribution in [-0.2, 0) is 14.3 Å². The summed E-state index contributed by atoms with van der Waals surface area (Å²) >= 11 is 3.90. The molecule has 7 fully saturated rings. The van der Waals surface area contributed by atoms with Gasteiger partial charge in [0.15, 0.2) is 5.79 Å². The van der Waals surface area contributed by atoms with Crippen LogP contribution in [0.5, 0.6) is 0 Å². The molecule has 17 heavy (non-hydrogen) atoms. The first-order chi connectivity index (χ1) is 8.13. The third-order valence-electron chi connectivity index (χ3n) is 6.74. The van der Waals surface area contributed by atoms with Crippen molar-refractivity contribution in [3.05, 3.63) is 0 Å². The second-order valence-corrected chi connectivity index (χ2v) is 7.84. The van der Waals surface area contributed by atoms with Gasteiger partial charge in [0, 0.05) is 11.8 Å². The first-order valence-electron chi connectivity index (χ1n) is 6.33. The molecule has 1 aliphatic heterocycles. The number of rotatable bonds is 1. The summed E-state index contributed by atoms with van der Waals surface area (Å²) in [5.41, 5.74) is -0.399. The van der Waals surface area contributed by atoms with Crippen molar-refractivity contribution >= 4 is 21.9 Å². The van der Waals surface area contributed by atoms with Crippen molar-refractivity contribution in [2.75, 3.05) is 13.2 Å². The van der Waals surface area contributed by atoms with Gasteiger partial charge in [-0.15, -0.1) is 0 Å². The minimum atomic E-state index is -0.568. The Kier molecular flexibility index (Phi) is 0.998. The number of halogens is 1. The van der Waals surface area contributed by atoms with E-state index in [1.807, 2.05) is 0 Å². The zero-order chi connectivity index (χ0) is 11.4. The van der Waals surface area contributed by atoms with Crippen LogP contribution in [0.15, 0.2) is 0 Å². The Hall–Kier alpha value is -0.130. The van der Waals surface area contributed by atoms with Gasteiger partial charge < -0.3 is 14.6 Å². The predicted octanol–water partition coefficient (Wildman–Crippen LogP) is 0.699. The number of ether oxygens (including phenoxy) is 2. The van der Waals surface area contributed by atoms with Crippen LogP contribution >= 0.6 is 15.9 Å². The van der Waals surface area contributed by atoms with E-state index in [4.69, 9.17) is 9.47 Å². The molecule has 0 unspecified atom stereocenters. The molecule has 8 atom stereocenters. The monoisotopic (exact) mass is 298 g/mol. The zero-order valence-corrected chi connectivity index (χ0v) is 10.5. The van der Waals surface area contributed by atoms with Crippen LogP contribution in [0.25, 0.3) is 0 Å². The lowest BCUT2D eigenvalue weighted by molar-refractivity contribution is -0.193. The first kappa shape index (κ1) is 8.88. The summed E-state index contributed by atoms with van der Waals surface area (Å²) in [6.45, 7) is 1.32. The minimum absolute atomic E-state index is 0.181. The molecule has 6 saturated carbocycles. The van der Waals surface area contributed by atoms with E-state index in [1.54, 1.807) is 0 Å². The highest BCUT2D eigenvalue weighted by molar-refractivity contribution is 9.10. The van der Waals surface area contributed by atoms with Gasteiger partial charge in [-0.25, -0.2) is 0 Å². The van der Waals surface area contributed by atoms with Crippen LogP contribution in [0.1, 0.15) is 0 Å². The van der Waals surface area contributed by atoms with Gasteiger partial charge in [0.25, 0.3) is 0 Å². The molecule has 0 aromatic heterocycles. The number of carboxylic acid groups (broad SMARTS) is 1. The van der Waals surface area contributed by atoms with Crippen molar-refractivity contribution in [1.29, 1.82) is 0 Å².